The van der Waals surface area contributed by atoms with E-state index in [0.29, 0.717) is 0 Å². The molecule has 1 rings (SSSR count). The SMILES string of the molecule is O/N=C\C1CCCO1. The molecule has 1 heterocycles. The Morgan fingerprint density at radius 1 is 1.75 bits per heavy atom. The Labute approximate surface area is 48.0 Å². The van der Waals surface area contributed by atoms with E-state index in [1.165, 1.54) is 6.21 Å². The molecule has 0 radical (unpaired) electrons. The van der Waals surface area contributed by atoms with Gasteiger partial charge in [-0.3, -0.25) is 0 Å². The van der Waals surface area contributed by atoms with E-state index in [1.807, 2.05) is 0 Å². The van der Waals surface area contributed by atoms with Crippen LogP contribution in [-0.2, 0) is 4.74 Å². The normalized spacial score (nSPS) is 29.8. The molecular weight excluding hydrogens is 106 g/mol. The number of rotatable bonds is 1. The summed E-state index contributed by atoms with van der Waals surface area (Å²) in [7, 11) is 0. The fourth-order valence-electron chi connectivity index (χ4n) is 0.794. The number of nitrogens with zero attached hydrogens (tertiary/aromatic N) is 1. The first-order chi connectivity index (χ1) is 3.93. The first-order valence-corrected chi connectivity index (χ1v) is 2.72. The Bertz CT molecular complexity index is 86.4. The second-order valence-electron chi connectivity index (χ2n) is 1.82. The van der Waals surface area contributed by atoms with Gasteiger partial charge in [0, 0.05) is 6.61 Å². The molecule has 1 aliphatic rings. The molecule has 8 heavy (non-hydrogen) atoms. The fraction of sp³-hybridized carbons (Fsp3) is 0.800. The minimum absolute atomic E-state index is 0.0694. The highest BCUT2D eigenvalue weighted by atomic mass is 16.5. The zero-order chi connectivity index (χ0) is 5.82. The zero-order valence-corrected chi connectivity index (χ0v) is 4.58. The highest BCUT2D eigenvalue weighted by molar-refractivity contribution is 5.62. The molecule has 1 fully saturated rings. The lowest BCUT2D eigenvalue weighted by Crippen LogP contribution is -2.05. The van der Waals surface area contributed by atoms with Gasteiger partial charge in [0.2, 0.25) is 0 Å². The smallest absolute Gasteiger partial charge is 0.0960 e. The van der Waals surface area contributed by atoms with E-state index in [0.717, 1.165) is 19.4 Å². The first kappa shape index (κ1) is 5.56. The molecule has 0 aliphatic carbocycles. The van der Waals surface area contributed by atoms with Crippen molar-refractivity contribution in [2.75, 3.05) is 6.61 Å². The molecule has 0 bridgehead atoms. The Balaban J connectivity index is 2.24. The van der Waals surface area contributed by atoms with Crippen LogP contribution in [0.5, 0.6) is 0 Å². The molecule has 0 saturated carbocycles. The van der Waals surface area contributed by atoms with Gasteiger partial charge in [-0.1, -0.05) is 5.16 Å². The summed E-state index contributed by atoms with van der Waals surface area (Å²) in [5.74, 6) is 0. The Morgan fingerprint density at radius 2 is 2.62 bits per heavy atom. The summed E-state index contributed by atoms with van der Waals surface area (Å²) in [6, 6.07) is 0. The van der Waals surface area contributed by atoms with Crippen LogP contribution in [0.2, 0.25) is 0 Å². The summed E-state index contributed by atoms with van der Waals surface area (Å²) in [5, 5.41) is 10.9. The van der Waals surface area contributed by atoms with Gasteiger partial charge in [-0.15, -0.1) is 0 Å². The Kier molecular flexibility index (Phi) is 1.86. The molecule has 3 heteroatoms. The van der Waals surface area contributed by atoms with Crippen LogP contribution >= 0.6 is 0 Å². The minimum atomic E-state index is 0.0694. The molecule has 1 unspecified atom stereocenters. The summed E-state index contributed by atoms with van der Waals surface area (Å²) in [5.41, 5.74) is 0. The van der Waals surface area contributed by atoms with E-state index >= 15 is 0 Å². The average Bonchev–Trinajstić information content (AvgIpc) is 2.19. The van der Waals surface area contributed by atoms with E-state index in [1.54, 1.807) is 0 Å². The minimum Gasteiger partial charge on any atom is -0.411 e. The summed E-state index contributed by atoms with van der Waals surface area (Å²) in [6.07, 6.45) is 3.56. The van der Waals surface area contributed by atoms with Crippen LogP contribution in [0.1, 0.15) is 12.8 Å². The molecule has 1 atom stereocenters. The lowest BCUT2D eigenvalue weighted by molar-refractivity contribution is 0.158. The summed E-state index contributed by atoms with van der Waals surface area (Å²) >= 11 is 0. The largest absolute Gasteiger partial charge is 0.411 e. The molecule has 0 amide bonds. The molecule has 46 valence electrons. The van der Waals surface area contributed by atoms with Crippen molar-refractivity contribution in [3.8, 4) is 0 Å². The van der Waals surface area contributed by atoms with Crippen molar-refractivity contribution < 1.29 is 9.94 Å². The maximum absolute atomic E-state index is 8.02. The van der Waals surface area contributed by atoms with Crippen LogP contribution in [0.15, 0.2) is 5.16 Å². The third kappa shape index (κ3) is 1.20. The molecule has 1 aliphatic heterocycles. The number of oxime groups is 1. The average molecular weight is 115 g/mol. The monoisotopic (exact) mass is 115 g/mol. The van der Waals surface area contributed by atoms with Crippen LogP contribution in [-0.4, -0.2) is 24.1 Å². The maximum Gasteiger partial charge on any atom is 0.0960 e. The van der Waals surface area contributed by atoms with Crippen LogP contribution in [0, 0.1) is 0 Å². The summed E-state index contributed by atoms with van der Waals surface area (Å²) in [6.45, 7) is 0.802. The first-order valence-electron chi connectivity index (χ1n) is 2.72. The van der Waals surface area contributed by atoms with Gasteiger partial charge >= 0.3 is 0 Å². The van der Waals surface area contributed by atoms with Crippen molar-refractivity contribution in [3.05, 3.63) is 0 Å². The number of hydrogen-bond acceptors (Lipinski definition) is 3. The highest BCUT2D eigenvalue weighted by Crippen LogP contribution is 2.08. The lowest BCUT2D eigenvalue weighted by atomic mass is 10.3. The van der Waals surface area contributed by atoms with Crippen molar-refractivity contribution in [2.45, 2.75) is 18.9 Å². The van der Waals surface area contributed by atoms with E-state index in [4.69, 9.17) is 9.94 Å². The van der Waals surface area contributed by atoms with Gasteiger partial charge in [0.25, 0.3) is 0 Å². The highest BCUT2D eigenvalue weighted by Gasteiger charge is 2.11. The second kappa shape index (κ2) is 2.67. The van der Waals surface area contributed by atoms with Gasteiger partial charge < -0.3 is 9.94 Å². The van der Waals surface area contributed by atoms with Crippen LogP contribution < -0.4 is 0 Å². The second-order valence-corrected chi connectivity index (χ2v) is 1.82. The van der Waals surface area contributed by atoms with Crippen molar-refractivity contribution >= 4 is 6.21 Å². The fourth-order valence-corrected chi connectivity index (χ4v) is 0.794. The summed E-state index contributed by atoms with van der Waals surface area (Å²) in [4.78, 5) is 0. The topological polar surface area (TPSA) is 41.8 Å². The van der Waals surface area contributed by atoms with Crippen molar-refractivity contribution in [1.82, 2.24) is 0 Å². The summed E-state index contributed by atoms with van der Waals surface area (Å²) < 4.78 is 5.08. The molecule has 1 saturated heterocycles. The van der Waals surface area contributed by atoms with Crippen molar-refractivity contribution in [2.24, 2.45) is 5.16 Å². The maximum atomic E-state index is 8.02. The molecule has 3 nitrogen and oxygen atoms in total. The van der Waals surface area contributed by atoms with Crippen LogP contribution in [0.3, 0.4) is 0 Å². The van der Waals surface area contributed by atoms with E-state index in [2.05, 4.69) is 5.16 Å². The van der Waals surface area contributed by atoms with E-state index in [9.17, 15) is 0 Å². The zero-order valence-electron chi connectivity index (χ0n) is 4.58. The van der Waals surface area contributed by atoms with Crippen LogP contribution in [0.4, 0.5) is 0 Å². The third-order valence-corrected chi connectivity index (χ3v) is 1.20. The lowest BCUT2D eigenvalue weighted by Gasteiger charge is -1.96. The quantitative estimate of drug-likeness (QED) is 0.309. The Morgan fingerprint density at radius 3 is 3.12 bits per heavy atom. The van der Waals surface area contributed by atoms with Gasteiger partial charge in [-0.05, 0) is 12.8 Å². The van der Waals surface area contributed by atoms with Gasteiger partial charge in [0.1, 0.15) is 0 Å². The molecule has 0 spiro atoms. The number of ether oxygens (including phenoxy) is 1. The molecule has 0 aromatic carbocycles. The van der Waals surface area contributed by atoms with Gasteiger partial charge in [-0.25, -0.2) is 0 Å². The predicted molar refractivity (Wildman–Crippen MR) is 29.3 cm³/mol. The Hall–Kier alpha value is -0.570. The van der Waals surface area contributed by atoms with Gasteiger partial charge in [0.15, 0.2) is 0 Å². The predicted octanol–water partition coefficient (Wildman–Crippen LogP) is 0.625. The number of hydrogen-bond donors (Lipinski definition) is 1. The standard InChI is InChI=1S/C5H9NO2/c7-6-4-5-2-1-3-8-5/h4-5,7H,1-3H2/b6-4-. The van der Waals surface area contributed by atoms with Gasteiger partial charge in [-0.2, -0.15) is 0 Å². The van der Waals surface area contributed by atoms with E-state index < -0.39 is 0 Å². The van der Waals surface area contributed by atoms with E-state index in [-0.39, 0.29) is 6.10 Å². The molecule has 0 aromatic heterocycles. The van der Waals surface area contributed by atoms with Crippen LogP contribution in [0.25, 0.3) is 0 Å². The molecule has 0 aromatic rings. The molecular formula is C5H9NO2. The molecule has 1 N–H and O–H groups in total. The third-order valence-electron chi connectivity index (χ3n) is 1.20. The van der Waals surface area contributed by atoms with Crippen molar-refractivity contribution in [1.29, 1.82) is 0 Å². The van der Waals surface area contributed by atoms with Crippen molar-refractivity contribution in [3.63, 3.8) is 0 Å². The van der Waals surface area contributed by atoms with Gasteiger partial charge in [0.05, 0.1) is 12.3 Å².